The number of carbonyl (C=O) groups excluding carboxylic acids is 1. The van der Waals surface area contributed by atoms with E-state index in [1.807, 2.05) is 30.3 Å². The predicted molar refractivity (Wildman–Crippen MR) is 133 cm³/mol. The molecule has 1 N–H and O–H groups in total. The van der Waals surface area contributed by atoms with Gasteiger partial charge in [-0.1, -0.05) is 41.9 Å². The summed E-state index contributed by atoms with van der Waals surface area (Å²) < 4.78 is 26.9. The van der Waals surface area contributed by atoms with Gasteiger partial charge >= 0.3 is 5.63 Å². The molecule has 0 bridgehead atoms. The molecule has 0 aliphatic carbocycles. The number of methoxy groups -OCH3 is 3. The summed E-state index contributed by atoms with van der Waals surface area (Å²) in [6, 6.07) is 17.2. The van der Waals surface area contributed by atoms with Gasteiger partial charge in [0.1, 0.15) is 11.3 Å². The molecule has 0 atom stereocenters. The summed E-state index contributed by atoms with van der Waals surface area (Å²) in [6.07, 6.45) is 0. The molecule has 8 nitrogen and oxygen atoms in total. The second-order valence-electron chi connectivity index (χ2n) is 7.37. The van der Waals surface area contributed by atoms with Gasteiger partial charge in [0.25, 0.3) is 5.91 Å². The van der Waals surface area contributed by atoms with Gasteiger partial charge in [-0.15, -0.1) is 0 Å². The lowest BCUT2D eigenvalue weighted by atomic mass is 10.0. The van der Waals surface area contributed by atoms with E-state index >= 15 is 0 Å². The maximum absolute atomic E-state index is 12.5. The van der Waals surface area contributed by atoms with Crippen LogP contribution in [-0.4, -0.2) is 33.8 Å². The van der Waals surface area contributed by atoms with E-state index in [1.165, 1.54) is 33.5 Å². The van der Waals surface area contributed by atoms with Gasteiger partial charge in [-0.2, -0.15) is 0 Å². The molecule has 0 fully saturated rings. The molecule has 0 saturated heterocycles. The van der Waals surface area contributed by atoms with Crippen molar-refractivity contribution in [1.82, 2.24) is 0 Å². The molecule has 9 heteroatoms. The standard InChI is InChI=1S/C26H22ClNO7/c1-31-22-9-16(10-23(32-2)26(22)33-3)28-24(29)14-34-21-13-20-18(11-19(21)27)17(12-25(30)35-20)15-7-5-4-6-8-15/h4-13H,14H2,1-3H3,(H,28,29). The third-order valence-corrected chi connectivity index (χ3v) is 5.48. The molecule has 0 unspecified atom stereocenters. The smallest absolute Gasteiger partial charge is 0.336 e. The molecule has 3 aromatic carbocycles. The summed E-state index contributed by atoms with van der Waals surface area (Å²) >= 11 is 6.44. The highest BCUT2D eigenvalue weighted by molar-refractivity contribution is 6.33. The summed E-state index contributed by atoms with van der Waals surface area (Å²) in [6.45, 7) is -0.343. The first-order chi connectivity index (χ1) is 16.9. The fourth-order valence-corrected chi connectivity index (χ4v) is 3.84. The number of ether oxygens (including phenoxy) is 4. The van der Waals surface area contributed by atoms with E-state index < -0.39 is 11.5 Å². The fourth-order valence-electron chi connectivity index (χ4n) is 3.62. The van der Waals surface area contributed by atoms with E-state index in [2.05, 4.69) is 5.32 Å². The van der Waals surface area contributed by atoms with Crippen molar-refractivity contribution in [3.05, 3.63) is 76.1 Å². The van der Waals surface area contributed by atoms with Crippen molar-refractivity contribution in [3.63, 3.8) is 0 Å². The van der Waals surface area contributed by atoms with Crippen molar-refractivity contribution in [1.29, 1.82) is 0 Å². The Labute approximate surface area is 205 Å². The van der Waals surface area contributed by atoms with Gasteiger partial charge < -0.3 is 28.7 Å². The molecule has 4 aromatic rings. The quantitative estimate of drug-likeness (QED) is 0.337. The third-order valence-electron chi connectivity index (χ3n) is 5.19. The summed E-state index contributed by atoms with van der Waals surface area (Å²) in [4.78, 5) is 24.7. The average Bonchev–Trinajstić information content (AvgIpc) is 2.87. The van der Waals surface area contributed by atoms with Crippen molar-refractivity contribution in [2.75, 3.05) is 33.3 Å². The number of amides is 1. The van der Waals surface area contributed by atoms with Crippen LogP contribution in [0.25, 0.3) is 22.1 Å². The molecule has 0 radical (unpaired) electrons. The number of halogens is 1. The molecule has 0 aliphatic heterocycles. The second-order valence-corrected chi connectivity index (χ2v) is 7.78. The van der Waals surface area contributed by atoms with Crippen LogP contribution in [0.15, 0.2) is 69.9 Å². The minimum atomic E-state index is -0.509. The molecular weight excluding hydrogens is 474 g/mol. The fraction of sp³-hybridized carbons (Fsp3) is 0.154. The van der Waals surface area contributed by atoms with Crippen LogP contribution in [0, 0.1) is 0 Å². The third kappa shape index (κ3) is 5.17. The number of fused-ring (bicyclic) bond motifs is 1. The van der Waals surface area contributed by atoms with Crippen LogP contribution >= 0.6 is 11.6 Å². The number of hydrogen-bond acceptors (Lipinski definition) is 7. The van der Waals surface area contributed by atoms with Gasteiger partial charge in [-0.05, 0) is 17.2 Å². The Bertz CT molecular complexity index is 1410. The molecule has 1 heterocycles. The number of rotatable bonds is 8. The number of nitrogens with one attached hydrogen (secondary N) is 1. The zero-order valence-corrected chi connectivity index (χ0v) is 20.0. The lowest BCUT2D eigenvalue weighted by Gasteiger charge is -2.15. The summed E-state index contributed by atoms with van der Waals surface area (Å²) in [5, 5.41) is 3.63. The van der Waals surface area contributed by atoms with Crippen LogP contribution < -0.4 is 29.9 Å². The van der Waals surface area contributed by atoms with E-state index in [4.69, 9.17) is 35.0 Å². The molecular formula is C26H22ClNO7. The zero-order valence-electron chi connectivity index (χ0n) is 19.2. The van der Waals surface area contributed by atoms with E-state index in [9.17, 15) is 9.59 Å². The minimum Gasteiger partial charge on any atom is -0.493 e. The molecule has 35 heavy (non-hydrogen) atoms. The van der Waals surface area contributed by atoms with Gasteiger partial charge in [-0.3, -0.25) is 4.79 Å². The van der Waals surface area contributed by atoms with Crippen LogP contribution in [0.5, 0.6) is 23.0 Å². The van der Waals surface area contributed by atoms with Crippen LogP contribution in [0.4, 0.5) is 5.69 Å². The SMILES string of the molecule is COc1cc(NC(=O)COc2cc3oc(=O)cc(-c4ccccc4)c3cc2Cl)cc(OC)c1OC. The summed E-state index contributed by atoms with van der Waals surface area (Å²) in [7, 11) is 4.45. The first-order valence-electron chi connectivity index (χ1n) is 10.5. The first kappa shape index (κ1) is 24.0. The lowest BCUT2D eigenvalue weighted by Crippen LogP contribution is -2.20. The van der Waals surface area contributed by atoms with Gasteiger partial charge in [0.05, 0.1) is 26.4 Å². The highest BCUT2D eigenvalue weighted by Gasteiger charge is 2.16. The van der Waals surface area contributed by atoms with Crippen LogP contribution in [-0.2, 0) is 4.79 Å². The number of carbonyl (C=O) groups is 1. The average molecular weight is 496 g/mol. The summed E-state index contributed by atoms with van der Waals surface area (Å²) in [5.74, 6) is 0.945. The normalized spacial score (nSPS) is 10.6. The Hall–Kier alpha value is -4.17. The topological polar surface area (TPSA) is 96.2 Å². The lowest BCUT2D eigenvalue weighted by molar-refractivity contribution is -0.118. The zero-order chi connectivity index (χ0) is 24.9. The van der Waals surface area contributed by atoms with Gasteiger partial charge in [0.15, 0.2) is 18.1 Å². The van der Waals surface area contributed by atoms with Crippen molar-refractivity contribution in [3.8, 4) is 34.1 Å². The van der Waals surface area contributed by atoms with Gasteiger partial charge in [0, 0.05) is 35.3 Å². The molecule has 4 rings (SSSR count). The van der Waals surface area contributed by atoms with E-state index in [-0.39, 0.29) is 17.4 Å². The maximum Gasteiger partial charge on any atom is 0.336 e. The van der Waals surface area contributed by atoms with Gasteiger partial charge in [-0.25, -0.2) is 4.79 Å². The molecule has 1 aromatic heterocycles. The first-order valence-corrected chi connectivity index (χ1v) is 10.9. The molecule has 0 aliphatic rings. The Balaban J connectivity index is 1.55. The largest absolute Gasteiger partial charge is 0.493 e. The van der Waals surface area contributed by atoms with E-state index in [1.54, 1.807) is 18.2 Å². The van der Waals surface area contributed by atoms with Crippen molar-refractivity contribution < 1.29 is 28.2 Å². The molecule has 0 spiro atoms. The van der Waals surface area contributed by atoms with Gasteiger partial charge in [0.2, 0.25) is 5.75 Å². The highest BCUT2D eigenvalue weighted by Crippen LogP contribution is 2.40. The van der Waals surface area contributed by atoms with Crippen molar-refractivity contribution in [2.45, 2.75) is 0 Å². The second kappa shape index (κ2) is 10.4. The predicted octanol–water partition coefficient (Wildman–Crippen LogP) is 5.16. The number of anilines is 1. The number of hydrogen-bond donors (Lipinski definition) is 1. The number of benzene rings is 3. The van der Waals surface area contributed by atoms with Crippen molar-refractivity contribution in [2.24, 2.45) is 0 Å². The minimum absolute atomic E-state index is 0.201. The molecule has 180 valence electrons. The Morgan fingerprint density at radius 1 is 0.914 bits per heavy atom. The molecule has 0 saturated carbocycles. The summed E-state index contributed by atoms with van der Waals surface area (Å²) in [5.41, 5.74) is 1.74. The highest BCUT2D eigenvalue weighted by atomic mass is 35.5. The van der Waals surface area contributed by atoms with Crippen LogP contribution in [0.1, 0.15) is 0 Å². The monoisotopic (exact) mass is 495 g/mol. The Morgan fingerprint density at radius 3 is 2.23 bits per heavy atom. The Kier molecular flexibility index (Phi) is 7.12. The van der Waals surface area contributed by atoms with E-state index in [0.717, 1.165) is 5.56 Å². The van der Waals surface area contributed by atoms with Crippen LogP contribution in [0.2, 0.25) is 5.02 Å². The van der Waals surface area contributed by atoms with Crippen LogP contribution in [0.3, 0.4) is 0 Å². The van der Waals surface area contributed by atoms with E-state index in [0.29, 0.717) is 39.5 Å². The molecule has 1 amide bonds. The van der Waals surface area contributed by atoms with Crippen molar-refractivity contribution >= 4 is 34.2 Å². The maximum atomic E-state index is 12.5. The Morgan fingerprint density at radius 2 is 1.60 bits per heavy atom.